The van der Waals surface area contributed by atoms with Gasteiger partial charge >= 0.3 is 0 Å². The topological polar surface area (TPSA) is 52.5 Å². The number of nitrogens with zero attached hydrogens (tertiary/aromatic N) is 1. The van der Waals surface area contributed by atoms with Crippen molar-refractivity contribution in [1.82, 2.24) is 9.88 Å². The molecule has 1 heterocycles. The second-order valence-corrected chi connectivity index (χ2v) is 4.59. The molecular weight excluding hydrogens is 288 g/mol. The number of rotatable bonds is 6. The molecule has 0 saturated heterocycles. The van der Waals surface area contributed by atoms with Gasteiger partial charge in [0.05, 0.1) is 12.7 Å². The number of methoxy groups -OCH3 is 2. The van der Waals surface area contributed by atoms with Gasteiger partial charge in [0, 0.05) is 38.5 Å². The van der Waals surface area contributed by atoms with Crippen molar-refractivity contribution >= 4 is 21.8 Å². The lowest BCUT2D eigenvalue weighted by Gasteiger charge is -2.15. The standard InChI is InChI=1S/C11H17BrN2O3/c1-14-6-8(12)4-10(14)11(15)13-5-9(17-3)7-16-2/h4,6,9H,5,7H2,1-3H3,(H,13,15). The number of aromatic nitrogens is 1. The highest BCUT2D eigenvalue weighted by atomic mass is 79.9. The predicted octanol–water partition coefficient (Wildman–Crippen LogP) is 1.18. The Morgan fingerprint density at radius 1 is 1.59 bits per heavy atom. The molecule has 1 rings (SSSR count). The van der Waals surface area contributed by atoms with Crippen molar-refractivity contribution < 1.29 is 14.3 Å². The van der Waals surface area contributed by atoms with Crippen LogP contribution in [0.4, 0.5) is 0 Å². The molecule has 0 aliphatic carbocycles. The lowest BCUT2D eigenvalue weighted by atomic mass is 10.3. The van der Waals surface area contributed by atoms with Crippen LogP contribution in [0.15, 0.2) is 16.7 Å². The molecule has 0 radical (unpaired) electrons. The van der Waals surface area contributed by atoms with Crippen LogP contribution in [0.25, 0.3) is 0 Å². The van der Waals surface area contributed by atoms with Crippen LogP contribution in [0.3, 0.4) is 0 Å². The Morgan fingerprint density at radius 3 is 2.76 bits per heavy atom. The van der Waals surface area contributed by atoms with Crippen molar-refractivity contribution in [3.05, 3.63) is 22.4 Å². The van der Waals surface area contributed by atoms with Gasteiger partial charge < -0.3 is 19.4 Å². The van der Waals surface area contributed by atoms with Crippen LogP contribution in [0, 0.1) is 0 Å². The minimum atomic E-state index is -0.132. The first-order valence-electron chi connectivity index (χ1n) is 5.20. The van der Waals surface area contributed by atoms with Gasteiger partial charge in [-0.15, -0.1) is 0 Å². The molecule has 5 nitrogen and oxygen atoms in total. The molecule has 0 fully saturated rings. The minimum Gasteiger partial charge on any atom is -0.382 e. The van der Waals surface area contributed by atoms with Gasteiger partial charge in [0.25, 0.3) is 5.91 Å². The fourth-order valence-electron chi connectivity index (χ4n) is 1.44. The van der Waals surface area contributed by atoms with Crippen molar-refractivity contribution in [2.75, 3.05) is 27.4 Å². The summed E-state index contributed by atoms with van der Waals surface area (Å²) in [5.41, 5.74) is 0.601. The molecule has 1 unspecified atom stereocenters. The molecule has 1 aromatic heterocycles. The number of hydrogen-bond acceptors (Lipinski definition) is 3. The second-order valence-electron chi connectivity index (χ2n) is 3.68. The zero-order valence-electron chi connectivity index (χ0n) is 10.2. The summed E-state index contributed by atoms with van der Waals surface area (Å²) in [6.45, 7) is 0.875. The van der Waals surface area contributed by atoms with Gasteiger partial charge in [-0.25, -0.2) is 0 Å². The molecule has 0 saturated carbocycles. The summed E-state index contributed by atoms with van der Waals surface area (Å²) in [6.07, 6.45) is 1.70. The van der Waals surface area contributed by atoms with Crippen LogP contribution in [0.2, 0.25) is 0 Å². The van der Waals surface area contributed by atoms with E-state index in [-0.39, 0.29) is 12.0 Å². The second kappa shape index (κ2) is 6.78. The van der Waals surface area contributed by atoms with Crippen LogP contribution in [-0.4, -0.2) is 43.9 Å². The summed E-state index contributed by atoms with van der Waals surface area (Å²) >= 11 is 3.32. The Balaban J connectivity index is 2.52. The molecule has 17 heavy (non-hydrogen) atoms. The first kappa shape index (κ1) is 14.2. The van der Waals surface area contributed by atoms with Crippen molar-refractivity contribution in [2.24, 2.45) is 7.05 Å². The van der Waals surface area contributed by atoms with Gasteiger partial charge in [0.1, 0.15) is 5.69 Å². The maximum atomic E-state index is 11.9. The van der Waals surface area contributed by atoms with Crippen LogP contribution in [0.1, 0.15) is 10.5 Å². The molecular formula is C11H17BrN2O3. The van der Waals surface area contributed by atoms with Gasteiger partial charge in [0.2, 0.25) is 0 Å². The Bertz CT molecular complexity index is 379. The van der Waals surface area contributed by atoms with E-state index in [4.69, 9.17) is 9.47 Å². The number of hydrogen-bond donors (Lipinski definition) is 1. The van der Waals surface area contributed by atoms with Crippen LogP contribution < -0.4 is 5.32 Å². The third kappa shape index (κ3) is 4.14. The Labute approximate surface area is 109 Å². The summed E-state index contributed by atoms with van der Waals surface area (Å²) in [4.78, 5) is 11.9. The van der Waals surface area contributed by atoms with Crippen molar-refractivity contribution in [2.45, 2.75) is 6.10 Å². The molecule has 0 aliphatic heterocycles. The Kier molecular flexibility index (Phi) is 5.67. The molecule has 96 valence electrons. The largest absolute Gasteiger partial charge is 0.382 e. The first-order valence-corrected chi connectivity index (χ1v) is 5.99. The molecule has 0 aliphatic rings. The zero-order chi connectivity index (χ0) is 12.8. The third-order valence-corrected chi connectivity index (χ3v) is 2.81. The quantitative estimate of drug-likeness (QED) is 0.858. The lowest BCUT2D eigenvalue weighted by Crippen LogP contribution is -2.36. The number of aryl methyl sites for hydroxylation is 1. The molecule has 6 heteroatoms. The third-order valence-electron chi connectivity index (χ3n) is 2.38. The van der Waals surface area contributed by atoms with E-state index >= 15 is 0 Å². The number of carbonyl (C=O) groups is 1. The molecule has 0 aromatic carbocycles. The number of carbonyl (C=O) groups excluding carboxylic acids is 1. The van der Waals surface area contributed by atoms with Crippen molar-refractivity contribution in [1.29, 1.82) is 0 Å². The maximum Gasteiger partial charge on any atom is 0.268 e. The van der Waals surface area contributed by atoms with E-state index in [0.29, 0.717) is 18.8 Å². The number of nitrogens with one attached hydrogen (secondary N) is 1. The van der Waals surface area contributed by atoms with Crippen molar-refractivity contribution in [3.8, 4) is 0 Å². The predicted molar refractivity (Wildman–Crippen MR) is 68.1 cm³/mol. The molecule has 1 amide bonds. The van der Waals surface area contributed by atoms with Gasteiger partial charge in [-0.2, -0.15) is 0 Å². The summed E-state index contributed by atoms with van der Waals surface area (Å²) in [5.74, 6) is -0.128. The van der Waals surface area contributed by atoms with E-state index in [2.05, 4.69) is 21.2 Å². The maximum absolute atomic E-state index is 11.9. The van der Waals surface area contributed by atoms with Crippen LogP contribution >= 0.6 is 15.9 Å². The summed E-state index contributed by atoms with van der Waals surface area (Å²) in [7, 11) is 5.01. The SMILES string of the molecule is COCC(CNC(=O)c1cc(Br)cn1C)OC. The minimum absolute atomic E-state index is 0.128. The Morgan fingerprint density at radius 2 is 2.29 bits per heavy atom. The van der Waals surface area contributed by atoms with E-state index in [1.807, 2.05) is 13.2 Å². The normalized spacial score (nSPS) is 12.5. The van der Waals surface area contributed by atoms with E-state index in [1.54, 1.807) is 24.9 Å². The highest BCUT2D eigenvalue weighted by molar-refractivity contribution is 9.10. The summed E-state index contributed by atoms with van der Waals surface area (Å²) in [5, 5.41) is 2.80. The highest BCUT2D eigenvalue weighted by Crippen LogP contribution is 2.13. The molecule has 0 spiro atoms. The summed E-state index contributed by atoms with van der Waals surface area (Å²) in [6, 6.07) is 1.77. The van der Waals surface area contributed by atoms with Gasteiger partial charge in [-0.1, -0.05) is 0 Å². The van der Waals surface area contributed by atoms with Crippen LogP contribution in [0.5, 0.6) is 0 Å². The van der Waals surface area contributed by atoms with E-state index < -0.39 is 0 Å². The number of ether oxygens (including phenoxy) is 2. The van der Waals surface area contributed by atoms with Crippen molar-refractivity contribution in [3.63, 3.8) is 0 Å². The molecule has 1 N–H and O–H groups in total. The molecule has 1 aromatic rings. The lowest BCUT2D eigenvalue weighted by molar-refractivity contribution is 0.0284. The average molecular weight is 305 g/mol. The fraction of sp³-hybridized carbons (Fsp3) is 0.545. The Hall–Kier alpha value is -0.850. The zero-order valence-corrected chi connectivity index (χ0v) is 11.8. The van der Waals surface area contributed by atoms with Crippen LogP contribution in [-0.2, 0) is 16.5 Å². The monoisotopic (exact) mass is 304 g/mol. The van der Waals surface area contributed by atoms with E-state index in [0.717, 1.165) is 4.47 Å². The average Bonchev–Trinajstić information content (AvgIpc) is 2.63. The first-order chi connectivity index (χ1) is 8.08. The fourth-order valence-corrected chi connectivity index (χ4v) is 1.97. The highest BCUT2D eigenvalue weighted by Gasteiger charge is 2.13. The molecule has 0 bridgehead atoms. The van der Waals surface area contributed by atoms with Gasteiger partial charge in [-0.05, 0) is 22.0 Å². The van der Waals surface area contributed by atoms with E-state index in [9.17, 15) is 4.79 Å². The van der Waals surface area contributed by atoms with Gasteiger partial charge in [0.15, 0.2) is 0 Å². The van der Waals surface area contributed by atoms with Gasteiger partial charge in [-0.3, -0.25) is 4.79 Å². The number of halogens is 1. The summed E-state index contributed by atoms with van der Waals surface area (Å²) < 4.78 is 12.8. The molecule has 1 atom stereocenters. The number of amides is 1. The van der Waals surface area contributed by atoms with E-state index in [1.165, 1.54) is 0 Å². The smallest absolute Gasteiger partial charge is 0.268 e.